The third-order valence-electron chi connectivity index (χ3n) is 5.05. The molecule has 1 aliphatic rings. The summed E-state index contributed by atoms with van der Waals surface area (Å²) >= 11 is 0. The number of hydrogen-bond donors (Lipinski definition) is 5. The van der Waals surface area contributed by atoms with Crippen molar-refractivity contribution in [3.63, 3.8) is 0 Å². The van der Waals surface area contributed by atoms with Crippen LogP contribution in [-0.2, 0) is 21.5 Å². The minimum atomic E-state index is -3.98. The molecule has 0 amide bonds. The maximum Gasteiger partial charge on any atom is 0.274 e. The van der Waals surface area contributed by atoms with Crippen LogP contribution in [0.1, 0.15) is 11.8 Å². The van der Waals surface area contributed by atoms with E-state index in [1.54, 1.807) is 7.11 Å². The Morgan fingerprint density at radius 2 is 2.06 bits per heavy atom. The van der Waals surface area contributed by atoms with Gasteiger partial charge in [-0.05, 0) is 17.7 Å². The number of imidazole rings is 1. The number of hydrogen-bond acceptors (Lipinski definition) is 10. The van der Waals surface area contributed by atoms with Crippen molar-refractivity contribution in [2.45, 2.75) is 31.1 Å². The van der Waals surface area contributed by atoms with Gasteiger partial charge in [-0.25, -0.2) is 20.1 Å². The van der Waals surface area contributed by atoms with E-state index in [4.69, 9.17) is 14.6 Å². The monoisotopic (exact) mass is 465 g/mol. The molecule has 0 bridgehead atoms. The molecule has 1 aliphatic heterocycles. The SMILES string of the molecule is COc1cccc(CNc2ncnc3c2ncn3[C@@H]2O[C@H](CNS(N)(=O)=O)[C@@H](O)[C@H]2O)c1. The smallest absolute Gasteiger partial charge is 0.274 e. The fraction of sp³-hybridized carbons (Fsp3) is 0.389. The third-order valence-corrected chi connectivity index (χ3v) is 5.62. The van der Waals surface area contributed by atoms with Gasteiger partial charge < -0.3 is 25.0 Å². The Morgan fingerprint density at radius 1 is 1.25 bits per heavy atom. The van der Waals surface area contributed by atoms with Crippen molar-refractivity contribution in [3.8, 4) is 5.75 Å². The van der Waals surface area contributed by atoms with Gasteiger partial charge in [0.1, 0.15) is 30.4 Å². The van der Waals surface area contributed by atoms with E-state index in [0.29, 0.717) is 23.5 Å². The molecule has 0 unspecified atom stereocenters. The number of benzene rings is 1. The summed E-state index contributed by atoms with van der Waals surface area (Å²) in [5.41, 5.74) is 1.77. The molecule has 4 atom stereocenters. The lowest BCUT2D eigenvalue weighted by atomic mass is 10.1. The Labute approximate surface area is 183 Å². The summed E-state index contributed by atoms with van der Waals surface area (Å²) in [6.45, 7) is 0.154. The minimum Gasteiger partial charge on any atom is -0.497 e. The van der Waals surface area contributed by atoms with Gasteiger partial charge in [-0.2, -0.15) is 13.1 Å². The van der Waals surface area contributed by atoms with Crippen LogP contribution in [0.5, 0.6) is 5.75 Å². The highest BCUT2D eigenvalue weighted by atomic mass is 32.2. The molecular weight excluding hydrogens is 442 g/mol. The van der Waals surface area contributed by atoms with Gasteiger partial charge >= 0.3 is 0 Å². The molecule has 4 rings (SSSR count). The number of nitrogens with one attached hydrogen (secondary N) is 2. The first kappa shape index (κ1) is 22.3. The molecule has 3 aromatic rings. The predicted molar refractivity (Wildman–Crippen MR) is 113 cm³/mol. The molecule has 6 N–H and O–H groups in total. The second-order valence-corrected chi connectivity index (χ2v) is 8.57. The van der Waals surface area contributed by atoms with Crippen LogP contribution in [0.2, 0.25) is 0 Å². The largest absolute Gasteiger partial charge is 0.497 e. The molecule has 0 aliphatic carbocycles. The van der Waals surface area contributed by atoms with Crippen LogP contribution in [0.15, 0.2) is 36.9 Å². The van der Waals surface area contributed by atoms with E-state index >= 15 is 0 Å². The summed E-state index contributed by atoms with van der Waals surface area (Å²) in [6, 6.07) is 7.56. The van der Waals surface area contributed by atoms with Gasteiger partial charge in [0.25, 0.3) is 10.2 Å². The third kappa shape index (κ3) is 4.64. The van der Waals surface area contributed by atoms with Gasteiger partial charge in [0, 0.05) is 13.1 Å². The van der Waals surface area contributed by atoms with E-state index < -0.39 is 34.7 Å². The van der Waals surface area contributed by atoms with Gasteiger partial charge in [-0.3, -0.25) is 4.57 Å². The Bertz CT molecular complexity index is 1200. The Kier molecular flexibility index (Phi) is 6.23. The summed E-state index contributed by atoms with van der Waals surface area (Å²) in [5.74, 6) is 1.20. The van der Waals surface area contributed by atoms with Crippen molar-refractivity contribution in [2.24, 2.45) is 5.14 Å². The lowest BCUT2D eigenvalue weighted by molar-refractivity contribution is -0.0330. The number of nitrogens with zero attached hydrogens (tertiary/aromatic N) is 4. The number of aliphatic hydroxyl groups is 2. The molecule has 3 heterocycles. The van der Waals surface area contributed by atoms with Gasteiger partial charge in [0.2, 0.25) is 0 Å². The molecule has 1 aromatic carbocycles. The maximum atomic E-state index is 11.1. The van der Waals surface area contributed by atoms with Crippen LogP contribution in [0.4, 0.5) is 5.82 Å². The van der Waals surface area contributed by atoms with E-state index in [-0.39, 0.29) is 6.54 Å². The zero-order valence-electron chi connectivity index (χ0n) is 17.0. The van der Waals surface area contributed by atoms with Crippen molar-refractivity contribution in [1.29, 1.82) is 0 Å². The summed E-state index contributed by atoms with van der Waals surface area (Å²) in [5, 5.41) is 28.8. The molecule has 0 radical (unpaired) electrons. The van der Waals surface area contributed by atoms with Crippen LogP contribution in [0, 0.1) is 0 Å². The number of ether oxygens (including phenoxy) is 2. The van der Waals surface area contributed by atoms with Crippen LogP contribution >= 0.6 is 0 Å². The normalized spacial score (nSPS) is 23.5. The summed E-state index contributed by atoms with van der Waals surface area (Å²) < 4.78 is 36.7. The van der Waals surface area contributed by atoms with E-state index in [2.05, 4.69) is 25.0 Å². The number of aliphatic hydroxyl groups excluding tert-OH is 2. The van der Waals surface area contributed by atoms with Crippen LogP contribution in [0.25, 0.3) is 11.2 Å². The fourth-order valence-corrected chi connectivity index (χ4v) is 3.86. The van der Waals surface area contributed by atoms with Crippen LogP contribution < -0.4 is 19.9 Å². The van der Waals surface area contributed by atoms with Crippen molar-refractivity contribution in [1.82, 2.24) is 24.2 Å². The Balaban J connectivity index is 1.53. The summed E-state index contributed by atoms with van der Waals surface area (Å²) in [6.07, 6.45) is -2.00. The number of nitrogens with two attached hydrogens (primary N) is 1. The first-order valence-electron chi connectivity index (χ1n) is 9.60. The number of aromatic nitrogens is 4. The minimum absolute atomic E-state index is 0.303. The quantitative estimate of drug-likeness (QED) is 0.272. The number of anilines is 1. The standard InChI is InChI=1S/C18H23N7O6S/c1-30-11-4-2-3-10(5-11)6-20-16-13-17(22-8-21-16)25(9-23-13)18-15(27)14(26)12(31-18)7-24-32(19,28)29/h2-5,8-9,12,14-15,18,24,26-27H,6-7H2,1H3,(H2,19,28,29)(H,20,21,22)/t12-,14-,15-,18-/m1/s1. The molecule has 172 valence electrons. The zero-order chi connectivity index (χ0) is 22.9. The van der Waals surface area contributed by atoms with E-state index in [9.17, 15) is 18.6 Å². The molecular formula is C18H23N7O6S. The first-order valence-corrected chi connectivity index (χ1v) is 11.1. The van der Waals surface area contributed by atoms with Crippen LogP contribution in [0.3, 0.4) is 0 Å². The fourth-order valence-electron chi connectivity index (χ4n) is 3.46. The van der Waals surface area contributed by atoms with Gasteiger partial charge in [-0.15, -0.1) is 0 Å². The van der Waals surface area contributed by atoms with Gasteiger partial charge in [-0.1, -0.05) is 12.1 Å². The van der Waals surface area contributed by atoms with E-state index in [0.717, 1.165) is 11.3 Å². The van der Waals surface area contributed by atoms with Gasteiger partial charge in [0.05, 0.1) is 13.4 Å². The van der Waals surface area contributed by atoms with Crippen molar-refractivity contribution in [2.75, 3.05) is 19.0 Å². The van der Waals surface area contributed by atoms with E-state index in [1.165, 1.54) is 17.2 Å². The second-order valence-electron chi connectivity index (χ2n) is 7.19. The highest BCUT2D eigenvalue weighted by Crippen LogP contribution is 2.32. The van der Waals surface area contributed by atoms with Crippen molar-refractivity contribution >= 4 is 27.2 Å². The molecule has 2 aromatic heterocycles. The molecule has 1 fully saturated rings. The average Bonchev–Trinajstić information content (AvgIpc) is 3.32. The van der Waals surface area contributed by atoms with Crippen molar-refractivity contribution in [3.05, 3.63) is 42.5 Å². The highest BCUT2D eigenvalue weighted by molar-refractivity contribution is 7.87. The molecule has 0 spiro atoms. The molecule has 14 heteroatoms. The Hall–Kier alpha value is -2.88. The second kappa shape index (κ2) is 8.93. The molecule has 0 saturated carbocycles. The van der Waals surface area contributed by atoms with Gasteiger partial charge in [0.15, 0.2) is 23.2 Å². The molecule has 13 nitrogen and oxygen atoms in total. The van der Waals surface area contributed by atoms with Crippen molar-refractivity contribution < 1.29 is 28.1 Å². The highest BCUT2D eigenvalue weighted by Gasteiger charge is 2.44. The van der Waals surface area contributed by atoms with E-state index in [1.807, 2.05) is 24.3 Å². The maximum absolute atomic E-state index is 11.1. The zero-order valence-corrected chi connectivity index (χ0v) is 17.8. The molecule has 1 saturated heterocycles. The summed E-state index contributed by atoms with van der Waals surface area (Å²) in [7, 11) is -2.38. The number of fused-ring (bicyclic) bond motifs is 1. The number of methoxy groups -OCH3 is 1. The lowest BCUT2D eigenvalue weighted by Gasteiger charge is -2.16. The lowest BCUT2D eigenvalue weighted by Crippen LogP contribution is -2.42. The first-order chi connectivity index (χ1) is 15.3. The summed E-state index contributed by atoms with van der Waals surface area (Å²) in [4.78, 5) is 12.8. The predicted octanol–water partition coefficient (Wildman–Crippen LogP) is -1.14. The topological polar surface area (TPSA) is 187 Å². The van der Waals surface area contributed by atoms with Crippen LogP contribution in [-0.4, -0.2) is 70.1 Å². The average molecular weight is 465 g/mol. The Morgan fingerprint density at radius 3 is 2.81 bits per heavy atom. The number of rotatable bonds is 8. The molecule has 32 heavy (non-hydrogen) atoms.